The lowest BCUT2D eigenvalue weighted by atomic mass is 9.74. The molecule has 2 nitrogen and oxygen atoms in total. The Morgan fingerprint density at radius 3 is 2.23 bits per heavy atom. The molecule has 0 aliphatic carbocycles. The van der Waals surface area contributed by atoms with Gasteiger partial charge in [-0.25, -0.2) is 0 Å². The number of methoxy groups -OCH3 is 1. The fraction of sp³-hybridized carbons (Fsp3) is 0.316. The Morgan fingerprint density at radius 1 is 1.00 bits per heavy atom. The lowest BCUT2D eigenvalue weighted by Crippen LogP contribution is -2.37. The smallest absolute Gasteiger partial charge is 0.169 e. The Hall–Kier alpha value is -1.87. The monoisotopic (exact) mass is 314 g/mol. The van der Waals surface area contributed by atoms with Crippen LogP contribution in [-0.2, 0) is 10.2 Å². The molecule has 3 heteroatoms. The molecule has 0 aliphatic heterocycles. The fourth-order valence-corrected chi connectivity index (χ4v) is 2.76. The number of thiocarbonyl (C=S) groups is 1. The van der Waals surface area contributed by atoms with Gasteiger partial charge in [-0.05, 0) is 54.9 Å². The Bertz CT molecular complexity index is 637. The molecule has 0 aliphatic rings. The average Bonchev–Trinajstić information content (AvgIpc) is 2.54. The lowest BCUT2D eigenvalue weighted by molar-refractivity contribution is 0.326. The van der Waals surface area contributed by atoms with Crippen molar-refractivity contribution in [3.8, 4) is 11.5 Å². The molecule has 1 atom stereocenters. The predicted molar refractivity (Wildman–Crippen MR) is 94.8 cm³/mol. The van der Waals surface area contributed by atoms with Crippen LogP contribution in [0, 0.1) is 5.92 Å². The normalized spacial score (nSPS) is 13.5. The Balaban J connectivity index is 2.36. The van der Waals surface area contributed by atoms with E-state index in [2.05, 4.69) is 26.8 Å². The molecule has 2 aromatic carbocycles. The molecular formula is C19H22O2S. The molecule has 1 unspecified atom stereocenters. The second-order valence-electron chi connectivity index (χ2n) is 5.79. The predicted octanol–water partition coefficient (Wildman–Crippen LogP) is 5.37. The molecule has 0 aromatic heterocycles. The van der Waals surface area contributed by atoms with Crippen LogP contribution in [0.3, 0.4) is 0 Å². The largest absolute Gasteiger partial charge is 0.489 e. The van der Waals surface area contributed by atoms with Gasteiger partial charge >= 0.3 is 0 Å². The van der Waals surface area contributed by atoms with Crippen LogP contribution in [0.15, 0.2) is 54.6 Å². The minimum absolute atomic E-state index is 0.312. The zero-order chi connectivity index (χ0) is 16.2. The maximum atomic E-state index is 5.92. The van der Waals surface area contributed by atoms with Gasteiger partial charge < -0.3 is 9.47 Å². The van der Waals surface area contributed by atoms with Gasteiger partial charge in [-0.15, -0.1) is 0 Å². The van der Waals surface area contributed by atoms with Crippen molar-refractivity contribution in [1.29, 1.82) is 0 Å². The van der Waals surface area contributed by atoms with Crippen LogP contribution in [0.5, 0.6) is 11.5 Å². The Labute approximate surface area is 138 Å². The van der Waals surface area contributed by atoms with Crippen LogP contribution in [0.1, 0.15) is 26.3 Å². The summed E-state index contributed by atoms with van der Waals surface area (Å²) in [5, 5.41) is 0.597. The molecule has 0 saturated carbocycles. The Morgan fingerprint density at radius 2 is 1.64 bits per heavy atom. The first kappa shape index (κ1) is 16.5. The van der Waals surface area contributed by atoms with E-state index in [1.54, 1.807) is 7.11 Å². The lowest BCUT2D eigenvalue weighted by Gasteiger charge is -2.34. The van der Waals surface area contributed by atoms with Crippen molar-refractivity contribution in [3.05, 3.63) is 60.2 Å². The molecule has 0 radical (unpaired) electrons. The molecule has 0 saturated heterocycles. The van der Waals surface area contributed by atoms with E-state index in [-0.39, 0.29) is 5.41 Å². The third-order valence-electron chi connectivity index (χ3n) is 4.18. The van der Waals surface area contributed by atoms with E-state index in [1.807, 2.05) is 48.5 Å². The van der Waals surface area contributed by atoms with Gasteiger partial charge in [-0.3, -0.25) is 0 Å². The SMILES string of the molecule is COC(=S)C(C)(c1cccc(Oc2ccccc2)c1)C(C)C. The van der Waals surface area contributed by atoms with Gasteiger partial charge in [0.2, 0.25) is 0 Å². The summed E-state index contributed by atoms with van der Waals surface area (Å²) >= 11 is 5.46. The fourth-order valence-electron chi connectivity index (χ4n) is 2.41. The van der Waals surface area contributed by atoms with Gasteiger partial charge in [0.15, 0.2) is 5.05 Å². The standard InChI is InChI=1S/C19H22O2S/c1-14(2)19(3,18(22)20-4)15-9-8-12-17(13-15)21-16-10-6-5-7-11-16/h5-14H,1-4H3. The molecule has 0 spiro atoms. The second-order valence-corrected chi connectivity index (χ2v) is 6.16. The van der Waals surface area contributed by atoms with Gasteiger partial charge in [0.25, 0.3) is 0 Å². The van der Waals surface area contributed by atoms with Crippen molar-refractivity contribution in [2.45, 2.75) is 26.2 Å². The Kier molecular flexibility index (Phi) is 5.19. The van der Waals surface area contributed by atoms with E-state index < -0.39 is 0 Å². The molecule has 0 fully saturated rings. The summed E-state index contributed by atoms with van der Waals surface area (Å²) in [5.74, 6) is 1.93. The summed E-state index contributed by atoms with van der Waals surface area (Å²) in [6.07, 6.45) is 0. The van der Waals surface area contributed by atoms with Crippen LogP contribution in [0.25, 0.3) is 0 Å². The van der Waals surface area contributed by atoms with Crippen LogP contribution in [0.2, 0.25) is 0 Å². The summed E-state index contributed by atoms with van der Waals surface area (Å²) in [4.78, 5) is 0. The summed E-state index contributed by atoms with van der Waals surface area (Å²) in [6, 6.07) is 17.8. The topological polar surface area (TPSA) is 18.5 Å². The third-order valence-corrected chi connectivity index (χ3v) is 4.77. The highest BCUT2D eigenvalue weighted by atomic mass is 32.1. The molecule has 22 heavy (non-hydrogen) atoms. The number of para-hydroxylation sites is 1. The molecular weight excluding hydrogens is 292 g/mol. The first-order valence-corrected chi connectivity index (χ1v) is 7.81. The summed E-state index contributed by atoms with van der Waals surface area (Å²) in [6.45, 7) is 6.41. The maximum absolute atomic E-state index is 5.92. The summed E-state index contributed by atoms with van der Waals surface area (Å²) in [5.41, 5.74) is 0.767. The van der Waals surface area contributed by atoms with Crippen LogP contribution in [0.4, 0.5) is 0 Å². The van der Waals surface area contributed by atoms with Gasteiger partial charge in [0, 0.05) is 0 Å². The highest BCUT2D eigenvalue weighted by molar-refractivity contribution is 7.80. The van der Waals surface area contributed by atoms with Crippen molar-refractivity contribution in [2.75, 3.05) is 7.11 Å². The maximum Gasteiger partial charge on any atom is 0.169 e. The molecule has 0 amide bonds. The van der Waals surface area contributed by atoms with Gasteiger partial charge in [-0.2, -0.15) is 0 Å². The van der Waals surface area contributed by atoms with Crippen molar-refractivity contribution < 1.29 is 9.47 Å². The molecule has 0 heterocycles. The highest BCUT2D eigenvalue weighted by Crippen LogP contribution is 2.36. The van der Waals surface area contributed by atoms with Crippen LogP contribution < -0.4 is 4.74 Å². The molecule has 2 rings (SSSR count). The minimum atomic E-state index is -0.333. The number of hydrogen-bond donors (Lipinski definition) is 0. The van der Waals surface area contributed by atoms with Gasteiger partial charge in [0.05, 0.1) is 12.5 Å². The van der Waals surface area contributed by atoms with Gasteiger partial charge in [0.1, 0.15) is 11.5 Å². The van der Waals surface area contributed by atoms with Crippen LogP contribution >= 0.6 is 12.2 Å². The van der Waals surface area contributed by atoms with E-state index in [1.165, 1.54) is 0 Å². The molecule has 0 N–H and O–H groups in total. The van der Waals surface area contributed by atoms with Gasteiger partial charge in [-0.1, -0.05) is 44.2 Å². The zero-order valence-electron chi connectivity index (χ0n) is 13.5. The minimum Gasteiger partial charge on any atom is -0.489 e. The third kappa shape index (κ3) is 3.30. The van der Waals surface area contributed by atoms with E-state index in [0.29, 0.717) is 11.0 Å². The first-order chi connectivity index (χ1) is 10.5. The zero-order valence-corrected chi connectivity index (χ0v) is 14.3. The second kappa shape index (κ2) is 6.93. The van der Waals surface area contributed by atoms with E-state index >= 15 is 0 Å². The molecule has 0 bridgehead atoms. The van der Waals surface area contributed by atoms with E-state index in [9.17, 15) is 0 Å². The van der Waals surface area contributed by atoms with Crippen molar-refractivity contribution in [1.82, 2.24) is 0 Å². The number of rotatable bonds is 5. The first-order valence-electron chi connectivity index (χ1n) is 7.40. The van der Waals surface area contributed by atoms with E-state index in [4.69, 9.17) is 21.7 Å². The van der Waals surface area contributed by atoms with Crippen LogP contribution in [-0.4, -0.2) is 12.2 Å². The van der Waals surface area contributed by atoms with Crippen molar-refractivity contribution >= 4 is 17.3 Å². The number of benzene rings is 2. The molecule has 2 aromatic rings. The quantitative estimate of drug-likeness (QED) is 0.692. The summed E-state index contributed by atoms with van der Waals surface area (Å²) < 4.78 is 11.3. The average molecular weight is 314 g/mol. The highest BCUT2D eigenvalue weighted by Gasteiger charge is 2.36. The van der Waals surface area contributed by atoms with Crippen molar-refractivity contribution in [3.63, 3.8) is 0 Å². The number of hydrogen-bond acceptors (Lipinski definition) is 3. The van der Waals surface area contributed by atoms with Crippen molar-refractivity contribution in [2.24, 2.45) is 5.92 Å². The van der Waals surface area contributed by atoms with E-state index in [0.717, 1.165) is 17.1 Å². The number of ether oxygens (including phenoxy) is 2. The summed E-state index contributed by atoms with van der Waals surface area (Å²) in [7, 11) is 1.63. The molecule has 116 valence electrons.